The first-order valence-corrected chi connectivity index (χ1v) is 4.90. The van der Waals surface area contributed by atoms with Crippen molar-refractivity contribution < 1.29 is 9.53 Å². The van der Waals surface area contributed by atoms with Gasteiger partial charge >= 0.3 is 0 Å². The van der Waals surface area contributed by atoms with Crippen LogP contribution >= 0.6 is 0 Å². The number of aromatic amines is 1. The molecular formula is C8H13N5O2. The first-order valence-electron chi connectivity index (χ1n) is 4.90. The average molecular weight is 211 g/mol. The molecule has 1 aliphatic rings. The Balaban J connectivity index is 1.81. The Morgan fingerprint density at radius 2 is 2.60 bits per heavy atom. The molecule has 2 heterocycles. The number of amides is 1. The Labute approximate surface area is 86.6 Å². The molecule has 0 aliphatic carbocycles. The fourth-order valence-electron chi connectivity index (χ4n) is 1.60. The molecule has 2 unspecified atom stereocenters. The number of tetrazole rings is 1. The van der Waals surface area contributed by atoms with Gasteiger partial charge < -0.3 is 10.1 Å². The molecule has 0 aromatic carbocycles. The molecular weight excluding hydrogens is 198 g/mol. The number of H-pyrrole nitrogens is 1. The topological polar surface area (TPSA) is 92.8 Å². The van der Waals surface area contributed by atoms with Gasteiger partial charge in [-0.2, -0.15) is 5.21 Å². The molecule has 1 amide bonds. The van der Waals surface area contributed by atoms with Gasteiger partial charge in [0.2, 0.25) is 0 Å². The molecule has 7 nitrogen and oxygen atoms in total. The summed E-state index contributed by atoms with van der Waals surface area (Å²) in [5.74, 6) is 0.144. The zero-order chi connectivity index (χ0) is 10.7. The number of nitrogens with zero attached hydrogens (tertiary/aromatic N) is 3. The van der Waals surface area contributed by atoms with Crippen LogP contribution in [0.3, 0.4) is 0 Å². The van der Waals surface area contributed by atoms with Gasteiger partial charge in [0.25, 0.3) is 11.7 Å². The highest BCUT2D eigenvalue weighted by molar-refractivity contribution is 5.89. The normalized spacial score (nSPS) is 25.4. The van der Waals surface area contributed by atoms with E-state index in [-0.39, 0.29) is 17.8 Å². The highest BCUT2D eigenvalue weighted by atomic mass is 16.5. The van der Waals surface area contributed by atoms with Crippen molar-refractivity contribution in [2.45, 2.75) is 19.4 Å². The summed E-state index contributed by atoms with van der Waals surface area (Å²) < 4.78 is 5.39. The molecule has 1 aliphatic heterocycles. The van der Waals surface area contributed by atoms with E-state index >= 15 is 0 Å². The maximum Gasteiger partial charge on any atom is 0.292 e. The number of hydrogen-bond donors (Lipinski definition) is 2. The highest BCUT2D eigenvalue weighted by Gasteiger charge is 2.25. The fourth-order valence-corrected chi connectivity index (χ4v) is 1.60. The third-order valence-electron chi connectivity index (χ3n) is 2.61. The summed E-state index contributed by atoms with van der Waals surface area (Å²) in [4.78, 5) is 11.4. The average Bonchev–Trinajstić information content (AvgIpc) is 2.85. The van der Waals surface area contributed by atoms with Crippen molar-refractivity contribution in [1.29, 1.82) is 0 Å². The minimum atomic E-state index is -0.303. The van der Waals surface area contributed by atoms with Crippen molar-refractivity contribution in [3.8, 4) is 0 Å². The zero-order valence-electron chi connectivity index (χ0n) is 8.43. The third-order valence-corrected chi connectivity index (χ3v) is 2.61. The predicted octanol–water partition coefficient (Wildman–Crippen LogP) is -0.646. The number of rotatable bonds is 3. The number of aromatic nitrogens is 4. The Morgan fingerprint density at radius 1 is 1.73 bits per heavy atom. The molecule has 0 radical (unpaired) electrons. The number of hydrogen-bond acceptors (Lipinski definition) is 5. The van der Waals surface area contributed by atoms with Crippen LogP contribution in [0.15, 0.2) is 0 Å². The lowest BCUT2D eigenvalue weighted by Crippen LogP contribution is -2.32. The second-order valence-corrected chi connectivity index (χ2v) is 3.57. The quantitative estimate of drug-likeness (QED) is 0.693. The van der Waals surface area contributed by atoms with Crippen molar-refractivity contribution in [2.75, 3.05) is 13.2 Å². The maximum atomic E-state index is 11.4. The number of nitrogens with one attached hydrogen (secondary N) is 2. The summed E-state index contributed by atoms with van der Waals surface area (Å²) in [6, 6.07) is 0. The van der Waals surface area contributed by atoms with E-state index in [0.717, 1.165) is 13.0 Å². The van der Waals surface area contributed by atoms with E-state index in [2.05, 4.69) is 25.9 Å². The molecule has 1 aromatic rings. The highest BCUT2D eigenvalue weighted by Crippen LogP contribution is 2.19. The van der Waals surface area contributed by atoms with Crippen LogP contribution in [0.2, 0.25) is 0 Å². The Bertz CT molecular complexity index is 326. The third kappa shape index (κ3) is 2.30. The monoisotopic (exact) mass is 211 g/mol. The SMILES string of the molecule is CC1OCCC1CNC(=O)c1nn[nH]n1. The fraction of sp³-hybridized carbons (Fsp3) is 0.750. The van der Waals surface area contributed by atoms with Crippen LogP contribution in [0.5, 0.6) is 0 Å². The van der Waals surface area contributed by atoms with Gasteiger partial charge in [0.1, 0.15) is 0 Å². The van der Waals surface area contributed by atoms with Gasteiger partial charge in [0.15, 0.2) is 0 Å². The van der Waals surface area contributed by atoms with Crippen LogP contribution in [0.4, 0.5) is 0 Å². The zero-order valence-corrected chi connectivity index (χ0v) is 8.43. The smallest absolute Gasteiger partial charge is 0.292 e. The van der Waals surface area contributed by atoms with Gasteiger partial charge in [-0.25, -0.2) is 0 Å². The number of ether oxygens (including phenoxy) is 1. The van der Waals surface area contributed by atoms with Crippen LogP contribution in [-0.4, -0.2) is 45.8 Å². The summed E-state index contributed by atoms with van der Waals surface area (Å²) in [7, 11) is 0. The second kappa shape index (κ2) is 4.35. The Kier molecular flexibility index (Phi) is 2.91. The number of carbonyl (C=O) groups is 1. The van der Waals surface area contributed by atoms with E-state index in [1.54, 1.807) is 0 Å². The molecule has 0 saturated carbocycles. The summed E-state index contributed by atoms with van der Waals surface area (Å²) >= 11 is 0. The van der Waals surface area contributed by atoms with Crippen LogP contribution in [0.25, 0.3) is 0 Å². The van der Waals surface area contributed by atoms with Crippen LogP contribution < -0.4 is 5.32 Å². The molecule has 0 bridgehead atoms. The van der Waals surface area contributed by atoms with E-state index in [0.29, 0.717) is 12.5 Å². The van der Waals surface area contributed by atoms with Gasteiger partial charge in [0, 0.05) is 19.1 Å². The van der Waals surface area contributed by atoms with Crippen molar-refractivity contribution in [2.24, 2.45) is 5.92 Å². The van der Waals surface area contributed by atoms with Crippen LogP contribution in [0.1, 0.15) is 24.0 Å². The Morgan fingerprint density at radius 3 is 3.20 bits per heavy atom. The van der Waals surface area contributed by atoms with Gasteiger partial charge in [-0.1, -0.05) is 0 Å². The van der Waals surface area contributed by atoms with E-state index < -0.39 is 0 Å². The van der Waals surface area contributed by atoms with E-state index in [4.69, 9.17) is 4.74 Å². The minimum Gasteiger partial charge on any atom is -0.378 e. The predicted molar refractivity (Wildman–Crippen MR) is 50.0 cm³/mol. The van der Waals surface area contributed by atoms with Crippen molar-refractivity contribution in [1.82, 2.24) is 25.9 Å². The molecule has 2 rings (SSSR count). The Hall–Kier alpha value is -1.50. The summed E-state index contributed by atoms with van der Waals surface area (Å²) in [5.41, 5.74) is 0. The largest absolute Gasteiger partial charge is 0.378 e. The van der Waals surface area contributed by atoms with Crippen molar-refractivity contribution in [3.63, 3.8) is 0 Å². The first-order chi connectivity index (χ1) is 7.27. The van der Waals surface area contributed by atoms with Gasteiger partial charge in [-0.3, -0.25) is 4.79 Å². The minimum absolute atomic E-state index is 0.0709. The lowest BCUT2D eigenvalue weighted by atomic mass is 10.0. The second-order valence-electron chi connectivity index (χ2n) is 3.57. The lowest BCUT2D eigenvalue weighted by Gasteiger charge is -2.13. The van der Waals surface area contributed by atoms with Crippen LogP contribution in [-0.2, 0) is 4.74 Å². The molecule has 82 valence electrons. The van der Waals surface area contributed by atoms with E-state index in [1.807, 2.05) is 6.92 Å². The van der Waals surface area contributed by atoms with E-state index in [9.17, 15) is 4.79 Å². The van der Waals surface area contributed by atoms with E-state index in [1.165, 1.54) is 0 Å². The van der Waals surface area contributed by atoms with Gasteiger partial charge in [0.05, 0.1) is 6.10 Å². The summed E-state index contributed by atoms with van der Waals surface area (Å²) in [6.45, 7) is 3.37. The molecule has 7 heteroatoms. The molecule has 2 N–H and O–H groups in total. The van der Waals surface area contributed by atoms with Crippen LogP contribution in [0, 0.1) is 5.92 Å². The number of carbonyl (C=O) groups excluding carboxylic acids is 1. The summed E-state index contributed by atoms with van der Waals surface area (Å²) in [6.07, 6.45) is 1.18. The standard InChI is InChI=1S/C8H13N5O2/c1-5-6(2-3-15-5)4-9-8(14)7-10-12-13-11-7/h5-6H,2-4H2,1H3,(H,9,14)(H,10,11,12,13). The molecule has 15 heavy (non-hydrogen) atoms. The molecule has 1 aromatic heterocycles. The van der Waals surface area contributed by atoms with Gasteiger partial charge in [-0.15, -0.1) is 10.2 Å². The van der Waals surface area contributed by atoms with Crippen molar-refractivity contribution in [3.05, 3.63) is 5.82 Å². The van der Waals surface area contributed by atoms with Gasteiger partial charge in [-0.05, 0) is 18.6 Å². The molecule has 1 fully saturated rings. The molecule has 2 atom stereocenters. The van der Waals surface area contributed by atoms with Crippen molar-refractivity contribution >= 4 is 5.91 Å². The first kappa shape index (κ1) is 10.0. The maximum absolute atomic E-state index is 11.4. The molecule has 1 saturated heterocycles. The lowest BCUT2D eigenvalue weighted by molar-refractivity contribution is 0.0898. The molecule has 0 spiro atoms. The summed E-state index contributed by atoms with van der Waals surface area (Å²) in [5, 5.41) is 15.5.